The van der Waals surface area contributed by atoms with Gasteiger partial charge in [0.2, 0.25) is 10.0 Å². The molecule has 0 spiro atoms. The van der Waals surface area contributed by atoms with Crippen molar-refractivity contribution >= 4 is 21.6 Å². The maximum Gasteiger partial charge on any atom is 0.214 e. The van der Waals surface area contributed by atoms with Gasteiger partial charge < -0.3 is 0 Å². The van der Waals surface area contributed by atoms with Crippen LogP contribution in [0.15, 0.2) is 24.3 Å². The molecule has 0 fully saturated rings. The number of hydrogen-bond donors (Lipinski definition) is 0. The summed E-state index contributed by atoms with van der Waals surface area (Å²) in [5.41, 5.74) is 0.836. The van der Waals surface area contributed by atoms with E-state index < -0.39 is 10.0 Å². The van der Waals surface area contributed by atoms with E-state index in [4.69, 9.17) is 11.6 Å². The molecule has 0 aliphatic carbocycles. The molecule has 0 radical (unpaired) electrons. The second-order valence-corrected chi connectivity index (χ2v) is 6.08. The van der Waals surface area contributed by atoms with Crippen molar-refractivity contribution in [2.45, 2.75) is 20.4 Å². The van der Waals surface area contributed by atoms with Crippen LogP contribution in [0, 0.1) is 0 Å². The summed E-state index contributed by atoms with van der Waals surface area (Å²) >= 11 is 6.00. The normalized spacial score (nSPS) is 12.0. The second-order valence-electron chi connectivity index (χ2n) is 3.42. The van der Waals surface area contributed by atoms with E-state index in [1.165, 1.54) is 4.31 Å². The molecule has 0 N–H and O–H groups in total. The molecule has 0 bridgehead atoms. The van der Waals surface area contributed by atoms with Crippen molar-refractivity contribution in [3.8, 4) is 0 Å². The number of nitrogens with zero attached hydrogens (tertiary/aromatic N) is 1. The van der Waals surface area contributed by atoms with Crippen LogP contribution in [0.25, 0.3) is 0 Å². The van der Waals surface area contributed by atoms with Gasteiger partial charge in [-0.15, -0.1) is 0 Å². The highest BCUT2D eigenvalue weighted by Gasteiger charge is 2.18. The Morgan fingerprint density at radius 1 is 1.25 bits per heavy atom. The summed E-state index contributed by atoms with van der Waals surface area (Å²) in [5, 5.41) is 0.604. The molecule has 0 saturated heterocycles. The molecule has 0 aromatic heterocycles. The minimum Gasteiger partial charge on any atom is -0.212 e. The summed E-state index contributed by atoms with van der Waals surface area (Å²) in [6.07, 6.45) is 0. The van der Waals surface area contributed by atoms with Gasteiger partial charge in [0.1, 0.15) is 0 Å². The molecule has 0 unspecified atom stereocenters. The first-order valence-corrected chi connectivity index (χ1v) is 7.21. The van der Waals surface area contributed by atoms with Gasteiger partial charge in [0, 0.05) is 18.1 Å². The number of hydrogen-bond acceptors (Lipinski definition) is 2. The minimum absolute atomic E-state index is 0.116. The van der Waals surface area contributed by atoms with E-state index in [-0.39, 0.29) is 5.75 Å². The Bertz CT molecular complexity index is 445. The van der Waals surface area contributed by atoms with Crippen molar-refractivity contribution < 1.29 is 8.42 Å². The van der Waals surface area contributed by atoms with Crippen LogP contribution in [0.2, 0.25) is 5.02 Å². The number of benzene rings is 1. The number of halogens is 1. The molecule has 1 aromatic carbocycles. The molecule has 0 aliphatic heterocycles. The number of rotatable bonds is 5. The largest absolute Gasteiger partial charge is 0.214 e. The van der Waals surface area contributed by atoms with Crippen molar-refractivity contribution in [2.75, 3.05) is 12.3 Å². The van der Waals surface area contributed by atoms with Gasteiger partial charge in [0.25, 0.3) is 0 Å². The lowest BCUT2D eigenvalue weighted by Gasteiger charge is -2.20. The van der Waals surface area contributed by atoms with E-state index >= 15 is 0 Å². The Labute approximate surface area is 102 Å². The Kier molecular flexibility index (Phi) is 4.77. The first-order chi connectivity index (χ1) is 7.51. The quantitative estimate of drug-likeness (QED) is 0.817. The van der Waals surface area contributed by atoms with E-state index in [2.05, 4.69) is 0 Å². The Morgan fingerprint density at radius 2 is 1.88 bits per heavy atom. The van der Waals surface area contributed by atoms with Crippen molar-refractivity contribution in [1.29, 1.82) is 0 Å². The molecular formula is C11H16ClNO2S. The molecule has 0 amide bonds. The van der Waals surface area contributed by atoms with Crippen LogP contribution in [-0.4, -0.2) is 25.0 Å². The summed E-state index contributed by atoms with van der Waals surface area (Å²) in [7, 11) is -3.15. The average Bonchev–Trinajstić information content (AvgIpc) is 2.27. The van der Waals surface area contributed by atoms with E-state index in [1.54, 1.807) is 13.0 Å². The topological polar surface area (TPSA) is 37.4 Å². The summed E-state index contributed by atoms with van der Waals surface area (Å²) < 4.78 is 24.9. The molecule has 0 heterocycles. The van der Waals surface area contributed by atoms with Crippen LogP contribution < -0.4 is 0 Å². The second kappa shape index (κ2) is 5.66. The smallest absolute Gasteiger partial charge is 0.212 e. The van der Waals surface area contributed by atoms with Crippen molar-refractivity contribution in [3.05, 3.63) is 34.9 Å². The molecule has 0 aliphatic rings. The predicted molar refractivity (Wildman–Crippen MR) is 67.0 cm³/mol. The zero-order valence-electron chi connectivity index (χ0n) is 9.48. The lowest BCUT2D eigenvalue weighted by molar-refractivity contribution is 0.424. The molecule has 90 valence electrons. The summed E-state index contributed by atoms with van der Waals surface area (Å²) in [6.45, 7) is 4.27. The van der Waals surface area contributed by atoms with E-state index in [1.807, 2.05) is 25.1 Å². The average molecular weight is 262 g/mol. The Morgan fingerprint density at radius 3 is 2.38 bits per heavy atom. The van der Waals surface area contributed by atoms with Crippen LogP contribution in [0.5, 0.6) is 0 Å². The van der Waals surface area contributed by atoms with E-state index in [0.29, 0.717) is 18.1 Å². The summed E-state index contributed by atoms with van der Waals surface area (Å²) in [4.78, 5) is 0. The van der Waals surface area contributed by atoms with Gasteiger partial charge >= 0.3 is 0 Å². The first kappa shape index (κ1) is 13.5. The van der Waals surface area contributed by atoms with Gasteiger partial charge in [-0.05, 0) is 18.6 Å². The van der Waals surface area contributed by atoms with Gasteiger partial charge in [0.15, 0.2) is 0 Å². The summed E-state index contributed by atoms with van der Waals surface area (Å²) in [6, 6.07) is 7.30. The lowest BCUT2D eigenvalue weighted by Crippen LogP contribution is -2.31. The third-order valence-corrected chi connectivity index (χ3v) is 4.69. The van der Waals surface area contributed by atoms with Crippen LogP contribution >= 0.6 is 11.6 Å². The first-order valence-electron chi connectivity index (χ1n) is 5.22. The zero-order valence-corrected chi connectivity index (χ0v) is 11.1. The lowest BCUT2D eigenvalue weighted by atomic mass is 10.2. The highest BCUT2D eigenvalue weighted by atomic mass is 35.5. The van der Waals surface area contributed by atoms with E-state index in [0.717, 1.165) is 5.56 Å². The number of sulfonamides is 1. The van der Waals surface area contributed by atoms with Gasteiger partial charge in [-0.25, -0.2) is 8.42 Å². The third kappa shape index (κ3) is 3.20. The molecule has 16 heavy (non-hydrogen) atoms. The fourth-order valence-corrected chi connectivity index (χ4v) is 2.70. The van der Waals surface area contributed by atoms with Crippen LogP contribution in [0.3, 0.4) is 0 Å². The third-order valence-electron chi connectivity index (χ3n) is 2.42. The van der Waals surface area contributed by atoms with Crippen molar-refractivity contribution in [1.82, 2.24) is 4.31 Å². The fourth-order valence-electron chi connectivity index (χ4n) is 1.41. The molecule has 1 rings (SSSR count). The molecule has 0 atom stereocenters. The highest BCUT2D eigenvalue weighted by molar-refractivity contribution is 7.89. The molecule has 5 heteroatoms. The highest BCUT2D eigenvalue weighted by Crippen LogP contribution is 2.18. The molecule has 1 aromatic rings. The standard InChI is InChI=1S/C11H16ClNO2S/c1-3-13(16(14,15)4-2)9-10-7-5-6-8-11(10)12/h5-8H,3-4,9H2,1-2H3. The maximum absolute atomic E-state index is 11.7. The molecule has 3 nitrogen and oxygen atoms in total. The van der Waals surface area contributed by atoms with Gasteiger partial charge in [-0.1, -0.05) is 36.7 Å². The van der Waals surface area contributed by atoms with Crippen LogP contribution in [0.1, 0.15) is 19.4 Å². The maximum atomic E-state index is 11.7. The van der Waals surface area contributed by atoms with Crippen molar-refractivity contribution in [3.63, 3.8) is 0 Å². The predicted octanol–water partition coefficient (Wildman–Crippen LogP) is 2.51. The molecular weight excluding hydrogens is 246 g/mol. The monoisotopic (exact) mass is 261 g/mol. The van der Waals surface area contributed by atoms with Crippen LogP contribution in [-0.2, 0) is 16.6 Å². The fraction of sp³-hybridized carbons (Fsp3) is 0.455. The SMILES string of the molecule is CCN(Cc1ccccc1Cl)S(=O)(=O)CC. The summed E-state index contributed by atoms with van der Waals surface area (Å²) in [5.74, 6) is 0.116. The zero-order chi connectivity index (χ0) is 12.2. The minimum atomic E-state index is -3.15. The Balaban J connectivity index is 2.91. The van der Waals surface area contributed by atoms with Gasteiger partial charge in [-0.2, -0.15) is 4.31 Å². The van der Waals surface area contributed by atoms with Gasteiger partial charge in [-0.3, -0.25) is 0 Å². The van der Waals surface area contributed by atoms with E-state index in [9.17, 15) is 8.42 Å². The van der Waals surface area contributed by atoms with Crippen LogP contribution in [0.4, 0.5) is 0 Å². The molecule has 0 saturated carbocycles. The van der Waals surface area contributed by atoms with Gasteiger partial charge in [0.05, 0.1) is 5.75 Å². The Hall–Kier alpha value is -0.580. The van der Waals surface area contributed by atoms with Crippen molar-refractivity contribution in [2.24, 2.45) is 0 Å².